The zero-order valence-corrected chi connectivity index (χ0v) is 15.8. The molecule has 2 aliphatic carbocycles. The minimum absolute atomic E-state index is 0.00667. The second-order valence-electron chi connectivity index (χ2n) is 8.34. The highest BCUT2D eigenvalue weighted by atomic mass is 16.7. The Kier molecular flexibility index (Phi) is 3.78. The molecule has 2 aromatic rings. The Morgan fingerprint density at radius 2 is 1.93 bits per heavy atom. The Hall–Kier alpha value is -2.05. The predicted molar refractivity (Wildman–Crippen MR) is 100 cm³/mol. The van der Waals surface area contributed by atoms with Crippen molar-refractivity contribution in [2.75, 3.05) is 13.2 Å². The first-order chi connectivity index (χ1) is 13.0. The molecule has 3 aliphatic rings. The first kappa shape index (κ1) is 17.1. The third kappa shape index (κ3) is 2.43. The first-order valence-corrected chi connectivity index (χ1v) is 9.85. The van der Waals surface area contributed by atoms with Crippen molar-refractivity contribution in [1.82, 2.24) is 15.0 Å². The van der Waals surface area contributed by atoms with Gasteiger partial charge in [-0.2, -0.15) is 0 Å². The van der Waals surface area contributed by atoms with E-state index in [0.717, 1.165) is 42.5 Å². The van der Waals surface area contributed by atoms with Gasteiger partial charge in [0.05, 0.1) is 18.9 Å². The van der Waals surface area contributed by atoms with Gasteiger partial charge in [0.25, 0.3) is 5.56 Å². The summed E-state index contributed by atoms with van der Waals surface area (Å²) in [6.45, 7) is 5.87. The Morgan fingerprint density at radius 1 is 1.19 bits per heavy atom. The molecule has 0 bridgehead atoms. The van der Waals surface area contributed by atoms with Gasteiger partial charge >= 0.3 is 0 Å². The van der Waals surface area contributed by atoms with Crippen molar-refractivity contribution in [3.05, 3.63) is 46.1 Å². The van der Waals surface area contributed by atoms with Gasteiger partial charge in [-0.1, -0.05) is 13.8 Å². The fourth-order valence-electron chi connectivity index (χ4n) is 5.59. The molecule has 6 heteroatoms. The summed E-state index contributed by atoms with van der Waals surface area (Å²) >= 11 is 0. The number of pyridine rings is 1. The van der Waals surface area contributed by atoms with Gasteiger partial charge in [-0.3, -0.25) is 9.78 Å². The molecule has 0 radical (unpaired) electrons. The quantitative estimate of drug-likeness (QED) is 0.839. The van der Waals surface area contributed by atoms with Crippen molar-refractivity contribution in [3.63, 3.8) is 0 Å². The summed E-state index contributed by atoms with van der Waals surface area (Å²) in [7, 11) is 0. The van der Waals surface area contributed by atoms with Crippen LogP contribution in [-0.4, -0.2) is 34.0 Å². The third-order valence-corrected chi connectivity index (χ3v) is 7.10. The molecule has 142 valence electrons. The Morgan fingerprint density at radius 3 is 2.67 bits per heavy atom. The van der Waals surface area contributed by atoms with Crippen molar-refractivity contribution >= 4 is 0 Å². The molecule has 0 amide bonds. The molecule has 6 nitrogen and oxygen atoms in total. The molecule has 3 heterocycles. The molecule has 2 aromatic heterocycles. The number of H-pyrrole nitrogens is 1. The minimum Gasteiger partial charge on any atom is -0.347 e. The van der Waals surface area contributed by atoms with Crippen molar-refractivity contribution < 1.29 is 9.47 Å². The van der Waals surface area contributed by atoms with Crippen LogP contribution in [0.15, 0.2) is 29.3 Å². The number of rotatable bonds is 1. The number of aromatic nitrogens is 3. The lowest BCUT2D eigenvalue weighted by Crippen LogP contribution is -2.56. The van der Waals surface area contributed by atoms with E-state index < -0.39 is 5.79 Å². The Bertz CT molecular complexity index is 920. The molecular weight excluding hydrogens is 342 g/mol. The summed E-state index contributed by atoms with van der Waals surface area (Å²) in [5.74, 6) is 0.842. The summed E-state index contributed by atoms with van der Waals surface area (Å²) in [4.78, 5) is 24.9. The topological polar surface area (TPSA) is 77.1 Å². The van der Waals surface area contributed by atoms with Gasteiger partial charge < -0.3 is 14.5 Å². The van der Waals surface area contributed by atoms with Crippen LogP contribution in [0.2, 0.25) is 0 Å². The molecule has 1 spiro atoms. The number of hydrogen-bond donors (Lipinski definition) is 1. The first-order valence-electron chi connectivity index (χ1n) is 9.85. The second-order valence-corrected chi connectivity index (χ2v) is 8.34. The van der Waals surface area contributed by atoms with Crippen LogP contribution in [0.1, 0.15) is 44.4 Å². The molecule has 1 aliphatic heterocycles. The summed E-state index contributed by atoms with van der Waals surface area (Å²) in [6, 6.07) is 3.76. The van der Waals surface area contributed by atoms with E-state index in [1.807, 2.05) is 12.1 Å². The maximum Gasteiger partial charge on any atom is 0.254 e. The lowest BCUT2D eigenvalue weighted by Gasteiger charge is -2.54. The zero-order valence-electron chi connectivity index (χ0n) is 15.8. The van der Waals surface area contributed by atoms with Gasteiger partial charge in [0.1, 0.15) is 5.82 Å². The van der Waals surface area contributed by atoms with Gasteiger partial charge in [-0.15, -0.1) is 0 Å². The van der Waals surface area contributed by atoms with Crippen LogP contribution in [-0.2, 0) is 21.3 Å². The number of nitrogens with zero attached hydrogens (tertiary/aromatic N) is 2. The monoisotopic (exact) mass is 367 g/mol. The molecule has 5 rings (SSSR count). The van der Waals surface area contributed by atoms with E-state index in [1.54, 1.807) is 12.4 Å². The SMILES string of the molecule is C[C@@H]1[C@H]2CCc3c(nc(-c4ccncc4)[nH]c3=O)[C@]2(C)CCC12OCCO2. The molecule has 2 fully saturated rings. The second kappa shape index (κ2) is 5.97. The van der Waals surface area contributed by atoms with E-state index in [9.17, 15) is 4.79 Å². The summed E-state index contributed by atoms with van der Waals surface area (Å²) in [5, 5.41) is 0. The average Bonchev–Trinajstić information content (AvgIpc) is 3.16. The van der Waals surface area contributed by atoms with Crippen LogP contribution in [0.4, 0.5) is 0 Å². The number of fused-ring (bicyclic) bond motifs is 3. The highest BCUT2D eigenvalue weighted by Crippen LogP contribution is 2.56. The number of hydrogen-bond acceptors (Lipinski definition) is 5. The standard InChI is InChI=1S/C21H25N3O3/c1-13-16-4-3-15-17(20(16,2)7-8-21(13)26-11-12-27-21)23-18(24-19(15)25)14-5-9-22-10-6-14/h5-6,9-10,13,16H,3-4,7-8,11-12H2,1-2H3,(H,23,24,25)/t13-,16-,20-/m1/s1. The Labute approximate surface area is 158 Å². The van der Waals surface area contributed by atoms with Gasteiger partial charge in [0, 0.05) is 41.3 Å². The van der Waals surface area contributed by atoms with Crippen molar-refractivity contribution in [1.29, 1.82) is 0 Å². The number of aromatic amines is 1. The smallest absolute Gasteiger partial charge is 0.254 e. The van der Waals surface area contributed by atoms with Crippen LogP contribution >= 0.6 is 0 Å². The molecular formula is C21H25N3O3. The van der Waals surface area contributed by atoms with Gasteiger partial charge in [-0.25, -0.2) is 4.98 Å². The van der Waals surface area contributed by atoms with Crippen LogP contribution in [0.3, 0.4) is 0 Å². The minimum atomic E-state index is -0.448. The van der Waals surface area contributed by atoms with E-state index in [4.69, 9.17) is 14.5 Å². The van der Waals surface area contributed by atoms with E-state index in [1.165, 1.54) is 0 Å². The van der Waals surface area contributed by atoms with E-state index in [2.05, 4.69) is 23.8 Å². The van der Waals surface area contributed by atoms with Crippen molar-refractivity contribution in [2.45, 2.75) is 50.7 Å². The maximum atomic E-state index is 12.8. The third-order valence-electron chi connectivity index (χ3n) is 7.10. The highest BCUT2D eigenvalue weighted by Gasteiger charge is 2.57. The highest BCUT2D eigenvalue weighted by molar-refractivity contribution is 5.54. The molecule has 1 saturated carbocycles. The fourth-order valence-corrected chi connectivity index (χ4v) is 5.59. The summed E-state index contributed by atoms with van der Waals surface area (Å²) in [5.41, 5.74) is 2.56. The van der Waals surface area contributed by atoms with Crippen molar-refractivity contribution in [2.24, 2.45) is 11.8 Å². The molecule has 0 aromatic carbocycles. The molecule has 0 unspecified atom stereocenters. The lowest BCUT2D eigenvalue weighted by atomic mass is 9.55. The summed E-state index contributed by atoms with van der Waals surface area (Å²) < 4.78 is 12.1. The number of nitrogens with one attached hydrogen (secondary N) is 1. The fraction of sp³-hybridized carbons (Fsp3) is 0.571. The normalized spacial score (nSPS) is 31.5. The Balaban J connectivity index is 1.61. The number of ether oxygens (including phenoxy) is 2. The van der Waals surface area contributed by atoms with Crippen molar-refractivity contribution in [3.8, 4) is 11.4 Å². The average molecular weight is 367 g/mol. The van der Waals surface area contributed by atoms with Crippen LogP contribution in [0, 0.1) is 11.8 Å². The van der Waals surface area contributed by atoms with E-state index >= 15 is 0 Å². The summed E-state index contributed by atoms with van der Waals surface area (Å²) in [6.07, 6.45) is 6.94. The largest absolute Gasteiger partial charge is 0.347 e. The maximum absolute atomic E-state index is 12.8. The molecule has 3 atom stereocenters. The van der Waals surface area contributed by atoms with Crippen LogP contribution < -0.4 is 5.56 Å². The van der Waals surface area contributed by atoms with Gasteiger partial charge in [0.15, 0.2) is 5.79 Å². The molecule has 27 heavy (non-hydrogen) atoms. The predicted octanol–water partition coefficient (Wildman–Crippen LogP) is 2.83. The van der Waals surface area contributed by atoms with Gasteiger partial charge in [-0.05, 0) is 37.3 Å². The lowest BCUT2D eigenvalue weighted by molar-refractivity contribution is -0.234. The molecule has 1 N–H and O–H groups in total. The van der Waals surface area contributed by atoms with Crippen LogP contribution in [0.25, 0.3) is 11.4 Å². The van der Waals surface area contributed by atoms with Crippen LogP contribution in [0.5, 0.6) is 0 Å². The van der Waals surface area contributed by atoms with E-state index in [-0.39, 0.29) is 16.9 Å². The molecule has 1 saturated heterocycles. The van der Waals surface area contributed by atoms with E-state index in [0.29, 0.717) is 25.0 Å². The van der Waals surface area contributed by atoms with Gasteiger partial charge in [0.2, 0.25) is 0 Å². The zero-order chi connectivity index (χ0) is 18.6.